The Hall–Kier alpha value is -0.730. The summed E-state index contributed by atoms with van der Waals surface area (Å²) in [6.45, 7) is 2.86. The van der Waals surface area contributed by atoms with Gasteiger partial charge in [0, 0.05) is 27.7 Å². The monoisotopic (exact) mass is 327 g/mol. The van der Waals surface area contributed by atoms with Gasteiger partial charge in [0.1, 0.15) is 0 Å². The minimum atomic E-state index is 0.334. The smallest absolute Gasteiger partial charge is 0.0465 e. The Kier molecular flexibility index (Phi) is 5.74. The first-order valence-corrected chi connectivity index (χ1v) is 7.60. The topological polar surface area (TPSA) is 12.0 Å². The zero-order valence-electron chi connectivity index (χ0n) is 11.2. The highest BCUT2D eigenvalue weighted by Gasteiger charge is 2.06. The SMILES string of the molecule is CC(Cc1cccc(Cl)c1)NCc1ccc(Cl)cc1Cl. The normalized spacial score (nSPS) is 12.4. The summed E-state index contributed by atoms with van der Waals surface area (Å²) in [6, 6.07) is 13.8. The number of rotatable bonds is 5. The van der Waals surface area contributed by atoms with E-state index in [1.54, 1.807) is 6.07 Å². The molecule has 2 aromatic rings. The summed E-state index contributed by atoms with van der Waals surface area (Å²) in [5.74, 6) is 0. The summed E-state index contributed by atoms with van der Waals surface area (Å²) in [5.41, 5.74) is 2.27. The lowest BCUT2D eigenvalue weighted by Crippen LogP contribution is -2.27. The lowest BCUT2D eigenvalue weighted by Gasteiger charge is -2.15. The van der Waals surface area contributed by atoms with E-state index in [-0.39, 0.29) is 0 Å². The van der Waals surface area contributed by atoms with Crippen LogP contribution in [0.1, 0.15) is 18.1 Å². The molecular weight excluding hydrogens is 313 g/mol. The van der Waals surface area contributed by atoms with Gasteiger partial charge in [0.15, 0.2) is 0 Å². The van der Waals surface area contributed by atoms with E-state index in [9.17, 15) is 0 Å². The van der Waals surface area contributed by atoms with Crippen molar-refractivity contribution in [3.63, 3.8) is 0 Å². The first-order valence-electron chi connectivity index (χ1n) is 6.46. The van der Waals surface area contributed by atoms with Gasteiger partial charge in [-0.1, -0.05) is 53.0 Å². The number of halogens is 3. The van der Waals surface area contributed by atoms with E-state index < -0.39 is 0 Å². The van der Waals surface area contributed by atoms with Gasteiger partial charge in [-0.05, 0) is 48.7 Å². The minimum absolute atomic E-state index is 0.334. The van der Waals surface area contributed by atoms with Crippen LogP contribution in [0.15, 0.2) is 42.5 Å². The fourth-order valence-electron chi connectivity index (χ4n) is 2.04. The van der Waals surface area contributed by atoms with Gasteiger partial charge in [0.2, 0.25) is 0 Å². The summed E-state index contributed by atoms with van der Waals surface area (Å²) in [7, 11) is 0. The molecule has 0 aliphatic rings. The number of benzene rings is 2. The van der Waals surface area contributed by atoms with Gasteiger partial charge < -0.3 is 5.32 Å². The van der Waals surface area contributed by atoms with E-state index in [1.807, 2.05) is 30.3 Å². The van der Waals surface area contributed by atoms with Crippen molar-refractivity contribution in [1.29, 1.82) is 0 Å². The summed E-state index contributed by atoms with van der Waals surface area (Å²) < 4.78 is 0. The van der Waals surface area contributed by atoms with E-state index in [2.05, 4.69) is 18.3 Å². The lowest BCUT2D eigenvalue weighted by molar-refractivity contribution is 0.545. The van der Waals surface area contributed by atoms with Gasteiger partial charge in [-0.3, -0.25) is 0 Å². The van der Waals surface area contributed by atoms with Crippen LogP contribution in [0.25, 0.3) is 0 Å². The van der Waals surface area contributed by atoms with Crippen LogP contribution in [0.5, 0.6) is 0 Å². The summed E-state index contributed by atoms with van der Waals surface area (Å²) >= 11 is 18.0. The van der Waals surface area contributed by atoms with Crippen molar-refractivity contribution in [2.24, 2.45) is 0 Å². The van der Waals surface area contributed by atoms with E-state index in [4.69, 9.17) is 34.8 Å². The second-order valence-electron chi connectivity index (χ2n) is 4.85. The van der Waals surface area contributed by atoms with Crippen molar-refractivity contribution in [3.05, 3.63) is 68.7 Å². The Balaban J connectivity index is 1.90. The molecule has 2 aromatic carbocycles. The molecule has 0 aliphatic carbocycles. The Morgan fingerprint density at radius 1 is 1.00 bits per heavy atom. The van der Waals surface area contributed by atoms with Crippen LogP contribution < -0.4 is 5.32 Å². The van der Waals surface area contributed by atoms with Crippen LogP contribution in [0.2, 0.25) is 15.1 Å². The predicted octanol–water partition coefficient (Wildman–Crippen LogP) is 5.37. The molecule has 106 valence electrons. The molecule has 1 unspecified atom stereocenters. The average molecular weight is 329 g/mol. The van der Waals surface area contributed by atoms with Crippen molar-refractivity contribution >= 4 is 34.8 Å². The lowest BCUT2D eigenvalue weighted by atomic mass is 10.1. The zero-order chi connectivity index (χ0) is 14.5. The van der Waals surface area contributed by atoms with Crippen molar-refractivity contribution in [1.82, 2.24) is 5.32 Å². The third-order valence-corrected chi connectivity index (χ3v) is 3.91. The largest absolute Gasteiger partial charge is 0.310 e. The fourth-order valence-corrected chi connectivity index (χ4v) is 2.73. The second-order valence-corrected chi connectivity index (χ2v) is 6.13. The highest BCUT2D eigenvalue weighted by atomic mass is 35.5. The van der Waals surface area contributed by atoms with Crippen molar-refractivity contribution < 1.29 is 0 Å². The van der Waals surface area contributed by atoms with Crippen molar-refractivity contribution in [2.45, 2.75) is 25.9 Å². The van der Waals surface area contributed by atoms with E-state index in [0.29, 0.717) is 16.1 Å². The summed E-state index contributed by atoms with van der Waals surface area (Å²) in [5, 5.41) is 5.58. The molecule has 0 fully saturated rings. The number of hydrogen-bond acceptors (Lipinski definition) is 1. The molecule has 1 nitrogen and oxygen atoms in total. The van der Waals surface area contributed by atoms with Gasteiger partial charge in [-0.15, -0.1) is 0 Å². The molecule has 0 spiro atoms. The summed E-state index contributed by atoms with van der Waals surface area (Å²) in [6.07, 6.45) is 0.922. The standard InChI is InChI=1S/C16H16Cl3N/c1-11(7-12-3-2-4-14(17)8-12)20-10-13-5-6-15(18)9-16(13)19/h2-6,8-9,11,20H,7,10H2,1H3. The highest BCUT2D eigenvalue weighted by molar-refractivity contribution is 6.35. The van der Waals surface area contributed by atoms with Crippen LogP contribution in [-0.2, 0) is 13.0 Å². The second kappa shape index (κ2) is 7.33. The average Bonchev–Trinajstić information content (AvgIpc) is 2.37. The third-order valence-electron chi connectivity index (χ3n) is 3.09. The molecule has 0 radical (unpaired) electrons. The maximum atomic E-state index is 6.15. The number of nitrogens with one attached hydrogen (secondary N) is 1. The third kappa shape index (κ3) is 4.68. The summed E-state index contributed by atoms with van der Waals surface area (Å²) in [4.78, 5) is 0. The van der Waals surface area contributed by atoms with Crippen LogP contribution in [0, 0.1) is 0 Å². The van der Waals surface area contributed by atoms with Gasteiger partial charge in [-0.25, -0.2) is 0 Å². The molecule has 0 bridgehead atoms. The Morgan fingerprint density at radius 3 is 2.45 bits per heavy atom. The fraction of sp³-hybridized carbons (Fsp3) is 0.250. The Labute approximate surface area is 134 Å². The minimum Gasteiger partial charge on any atom is -0.310 e. The van der Waals surface area contributed by atoms with E-state index >= 15 is 0 Å². The molecule has 0 aromatic heterocycles. The quantitative estimate of drug-likeness (QED) is 0.778. The molecule has 20 heavy (non-hydrogen) atoms. The Morgan fingerprint density at radius 2 is 1.75 bits per heavy atom. The van der Waals surface area contributed by atoms with Crippen LogP contribution in [0.3, 0.4) is 0 Å². The van der Waals surface area contributed by atoms with Crippen LogP contribution in [0.4, 0.5) is 0 Å². The van der Waals surface area contributed by atoms with E-state index in [1.165, 1.54) is 5.56 Å². The predicted molar refractivity (Wildman–Crippen MR) is 87.9 cm³/mol. The molecule has 1 atom stereocenters. The zero-order valence-corrected chi connectivity index (χ0v) is 13.4. The molecule has 4 heteroatoms. The van der Waals surface area contributed by atoms with Gasteiger partial charge >= 0.3 is 0 Å². The Bertz CT molecular complexity index is 584. The van der Waals surface area contributed by atoms with Gasteiger partial charge in [0.05, 0.1) is 0 Å². The molecule has 0 aliphatic heterocycles. The van der Waals surface area contributed by atoms with Crippen molar-refractivity contribution in [3.8, 4) is 0 Å². The molecule has 0 amide bonds. The molecule has 0 saturated heterocycles. The van der Waals surface area contributed by atoms with Gasteiger partial charge in [0.25, 0.3) is 0 Å². The number of hydrogen-bond donors (Lipinski definition) is 1. The molecule has 0 heterocycles. The van der Waals surface area contributed by atoms with E-state index in [0.717, 1.165) is 23.6 Å². The maximum Gasteiger partial charge on any atom is 0.0465 e. The van der Waals surface area contributed by atoms with Crippen LogP contribution in [-0.4, -0.2) is 6.04 Å². The molecular formula is C16H16Cl3N. The molecule has 1 N–H and O–H groups in total. The first kappa shape index (κ1) is 15.7. The molecule has 0 saturated carbocycles. The van der Waals surface area contributed by atoms with Gasteiger partial charge in [-0.2, -0.15) is 0 Å². The van der Waals surface area contributed by atoms with Crippen molar-refractivity contribution in [2.75, 3.05) is 0 Å². The maximum absolute atomic E-state index is 6.15. The first-order chi connectivity index (χ1) is 9.54. The highest BCUT2D eigenvalue weighted by Crippen LogP contribution is 2.21. The van der Waals surface area contributed by atoms with Crippen LogP contribution >= 0.6 is 34.8 Å². The molecule has 2 rings (SSSR count).